The van der Waals surface area contributed by atoms with Crippen molar-refractivity contribution in [2.24, 2.45) is 0 Å². The Kier molecular flexibility index (Phi) is 1.58. The predicted molar refractivity (Wildman–Crippen MR) is 43.5 cm³/mol. The smallest absolute Gasteiger partial charge is 0.292 e. The molecule has 1 aliphatic rings. The Morgan fingerprint density at radius 3 is 3.00 bits per heavy atom. The largest absolute Gasteiger partial charge is 0.426 e. The first-order valence-corrected chi connectivity index (χ1v) is 4.06. The Bertz CT molecular complexity index is 276. The molecule has 66 valence electrons. The number of hydrogen-bond donors (Lipinski definition) is 1. The third-order valence-electron chi connectivity index (χ3n) is 2.26. The molecule has 0 spiro atoms. The van der Waals surface area contributed by atoms with Crippen LogP contribution in [0.3, 0.4) is 0 Å². The molecule has 2 N–H and O–H groups in total. The average Bonchev–Trinajstić information content (AvgIpc) is 2.59. The number of nitrogens with two attached hydrogens (primary N) is 1. The van der Waals surface area contributed by atoms with E-state index in [1.807, 2.05) is 6.92 Å². The summed E-state index contributed by atoms with van der Waals surface area (Å²) in [5, 5.41) is 0. The summed E-state index contributed by atoms with van der Waals surface area (Å²) >= 11 is 0. The van der Waals surface area contributed by atoms with Gasteiger partial charge in [-0.2, -0.15) is 0 Å². The summed E-state index contributed by atoms with van der Waals surface area (Å²) in [4.78, 5) is 3.84. The standard InChI is InChI=1S/C8H12N2O2/c1-8(3-2-4-11-8)6-5-10-7(9)12-6/h5H,2-4H2,1H3,(H2,9,10). The second-order valence-electron chi connectivity index (χ2n) is 3.25. The van der Waals surface area contributed by atoms with Crippen molar-refractivity contribution < 1.29 is 9.15 Å². The zero-order chi connectivity index (χ0) is 8.60. The Morgan fingerprint density at radius 1 is 1.67 bits per heavy atom. The zero-order valence-corrected chi connectivity index (χ0v) is 7.04. The molecule has 1 saturated heterocycles. The van der Waals surface area contributed by atoms with E-state index in [9.17, 15) is 0 Å². The topological polar surface area (TPSA) is 61.3 Å². The predicted octanol–water partition coefficient (Wildman–Crippen LogP) is 1.28. The van der Waals surface area contributed by atoms with Crippen LogP contribution in [0, 0.1) is 0 Å². The monoisotopic (exact) mass is 168 g/mol. The van der Waals surface area contributed by atoms with E-state index in [0.717, 1.165) is 25.2 Å². The molecule has 2 heterocycles. The van der Waals surface area contributed by atoms with E-state index in [2.05, 4.69) is 4.98 Å². The number of oxazole rings is 1. The lowest BCUT2D eigenvalue weighted by atomic mass is 10.0. The minimum absolute atomic E-state index is 0.210. The van der Waals surface area contributed by atoms with E-state index in [0.29, 0.717) is 0 Å². The van der Waals surface area contributed by atoms with Gasteiger partial charge < -0.3 is 14.9 Å². The van der Waals surface area contributed by atoms with Crippen molar-refractivity contribution in [2.75, 3.05) is 12.3 Å². The molecular formula is C8H12N2O2. The molecule has 2 rings (SSSR count). The molecule has 1 aromatic rings. The Morgan fingerprint density at radius 2 is 2.50 bits per heavy atom. The van der Waals surface area contributed by atoms with Crippen LogP contribution in [-0.2, 0) is 10.3 Å². The van der Waals surface area contributed by atoms with Crippen molar-refractivity contribution in [2.45, 2.75) is 25.4 Å². The summed E-state index contributed by atoms with van der Waals surface area (Å²) in [5.74, 6) is 0.734. The van der Waals surface area contributed by atoms with Crippen LogP contribution in [-0.4, -0.2) is 11.6 Å². The number of anilines is 1. The summed E-state index contributed by atoms with van der Waals surface area (Å²) < 4.78 is 10.8. The van der Waals surface area contributed by atoms with Crippen molar-refractivity contribution in [3.8, 4) is 0 Å². The Hall–Kier alpha value is -1.03. The maximum absolute atomic E-state index is 5.55. The summed E-state index contributed by atoms with van der Waals surface area (Å²) in [7, 11) is 0. The van der Waals surface area contributed by atoms with E-state index < -0.39 is 0 Å². The Labute approximate surface area is 70.7 Å². The molecule has 0 aliphatic carbocycles. The van der Waals surface area contributed by atoms with Gasteiger partial charge in [0.25, 0.3) is 6.01 Å². The molecule has 0 radical (unpaired) electrons. The Balaban J connectivity index is 2.28. The van der Waals surface area contributed by atoms with Crippen LogP contribution < -0.4 is 5.73 Å². The quantitative estimate of drug-likeness (QED) is 0.686. The first kappa shape index (κ1) is 7.61. The van der Waals surface area contributed by atoms with Crippen LogP contribution in [0.25, 0.3) is 0 Å². The van der Waals surface area contributed by atoms with Gasteiger partial charge in [0, 0.05) is 6.61 Å². The van der Waals surface area contributed by atoms with Gasteiger partial charge in [0.1, 0.15) is 5.60 Å². The lowest BCUT2D eigenvalue weighted by molar-refractivity contribution is -0.000256. The van der Waals surface area contributed by atoms with Crippen molar-refractivity contribution >= 4 is 6.01 Å². The summed E-state index contributed by atoms with van der Waals surface area (Å²) in [5.41, 5.74) is 5.07. The van der Waals surface area contributed by atoms with Gasteiger partial charge in [-0.15, -0.1) is 0 Å². The maximum atomic E-state index is 5.55. The lowest BCUT2D eigenvalue weighted by Crippen LogP contribution is -2.18. The van der Waals surface area contributed by atoms with Crippen LogP contribution in [0.15, 0.2) is 10.6 Å². The molecule has 1 atom stereocenters. The van der Waals surface area contributed by atoms with Gasteiger partial charge in [0.05, 0.1) is 6.20 Å². The van der Waals surface area contributed by atoms with E-state index in [4.69, 9.17) is 14.9 Å². The number of aromatic nitrogens is 1. The second-order valence-corrected chi connectivity index (χ2v) is 3.25. The van der Waals surface area contributed by atoms with Crippen molar-refractivity contribution in [1.82, 2.24) is 4.98 Å². The summed E-state index contributed by atoms with van der Waals surface area (Å²) in [6.45, 7) is 2.79. The molecule has 1 unspecified atom stereocenters. The minimum Gasteiger partial charge on any atom is -0.426 e. The van der Waals surface area contributed by atoms with E-state index in [1.54, 1.807) is 6.20 Å². The lowest BCUT2D eigenvalue weighted by Gasteiger charge is -2.18. The van der Waals surface area contributed by atoms with Gasteiger partial charge in [-0.3, -0.25) is 0 Å². The van der Waals surface area contributed by atoms with E-state index in [1.165, 1.54) is 0 Å². The van der Waals surface area contributed by atoms with Crippen LogP contribution in [0.5, 0.6) is 0 Å². The highest BCUT2D eigenvalue weighted by atomic mass is 16.5. The van der Waals surface area contributed by atoms with Crippen molar-refractivity contribution in [3.05, 3.63) is 12.0 Å². The minimum atomic E-state index is -0.301. The number of nitrogens with zero attached hydrogens (tertiary/aromatic N) is 1. The molecule has 0 amide bonds. The van der Waals surface area contributed by atoms with E-state index in [-0.39, 0.29) is 11.6 Å². The highest BCUT2D eigenvalue weighted by Gasteiger charge is 2.35. The number of rotatable bonds is 1. The van der Waals surface area contributed by atoms with Crippen molar-refractivity contribution in [3.63, 3.8) is 0 Å². The van der Waals surface area contributed by atoms with Crippen LogP contribution >= 0.6 is 0 Å². The molecule has 1 aliphatic heterocycles. The molecule has 0 saturated carbocycles. The number of hydrogen-bond acceptors (Lipinski definition) is 4. The van der Waals surface area contributed by atoms with Crippen LogP contribution in [0.2, 0.25) is 0 Å². The first-order chi connectivity index (χ1) is 5.71. The summed E-state index contributed by atoms with van der Waals surface area (Å²) in [6, 6.07) is 0.210. The van der Waals surface area contributed by atoms with Crippen LogP contribution in [0.1, 0.15) is 25.5 Å². The highest BCUT2D eigenvalue weighted by Crippen LogP contribution is 2.35. The zero-order valence-electron chi connectivity index (χ0n) is 7.04. The van der Waals surface area contributed by atoms with E-state index >= 15 is 0 Å². The molecule has 4 heteroatoms. The molecule has 0 bridgehead atoms. The summed E-state index contributed by atoms with van der Waals surface area (Å²) in [6.07, 6.45) is 3.68. The highest BCUT2D eigenvalue weighted by molar-refractivity contribution is 5.16. The van der Waals surface area contributed by atoms with Gasteiger partial charge in [-0.25, -0.2) is 4.98 Å². The third kappa shape index (κ3) is 1.08. The molecule has 1 aromatic heterocycles. The average molecular weight is 168 g/mol. The third-order valence-corrected chi connectivity index (χ3v) is 2.26. The van der Waals surface area contributed by atoms with Crippen molar-refractivity contribution in [1.29, 1.82) is 0 Å². The second kappa shape index (κ2) is 2.48. The van der Waals surface area contributed by atoms with Gasteiger partial charge in [-0.1, -0.05) is 0 Å². The van der Waals surface area contributed by atoms with Gasteiger partial charge in [-0.05, 0) is 19.8 Å². The molecule has 0 aromatic carbocycles. The number of ether oxygens (including phenoxy) is 1. The number of nitrogen functional groups attached to an aromatic ring is 1. The molecule has 1 fully saturated rings. The molecular weight excluding hydrogens is 156 g/mol. The fourth-order valence-electron chi connectivity index (χ4n) is 1.51. The fourth-order valence-corrected chi connectivity index (χ4v) is 1.51. The van der Waals surface area contributed by atoms with Gasteiger partial charge in [0.2, 0.25) is 0 Å². The van der Waals surface area contributed by atoms with Crippen LogP contribution in [0.4, 0.5) is 6.01 Å². The molecule has 12 heavy (non-hydrogen) atoms. The SMILES string of the molecule is CC1(c2cnc(N)o2)CCCO1. The fraction of sp³-hybridized carbons (Fsp3) is 0.625. The van der Waals surface area contributed by atoms with Gasteiger partial charge in [0.15, 0.2) is 5.76 Å². The molecule has 4 nitrogen and oxygen atoms in total. The maximum Gasteiger partial charge on any atom is 0.292 e. The normalized spacial score (nSPS) is 29.4. The van der Waals surface area contributed by atoms with Gasteiger partial charge >= 0.3 is 0 Å². The first-order valence-electron chi connectivity index (χ1n) is 4.06.